The van der Waals surface area contributed by atoms with E-state index in [9.17, 15) is 4.79 Å². The maximum absolute atomic E-state index is 13.0. The standard InChI is InChI=1S/C22H18O/c23-22(18-14-8-3-9-15-18)21-19(16-10-4-1-5-11-16)20(21)17-12-6-2-7-13-17/h1-15,19-21H/t19-,20+,21?. The van der Waals surface area contributed by atoms with Crippen molar-refractivity contribution in [1.29, 1.82) is 0 Å². The van der Waals surface area contributed by atoms with E-state index in [-0.39, 0.29) is 23.5 Å². The summed E-state index contributed by atoms with van der Waals surface area (Å²) in [6.45, 7) is 0. The molecule has 0 spiro atoms. The van der Waals surface area contributed by atoms with Crippen LogP contribution < -0.4 is 0 Å². The lowest BCUT2D eigenvalue weighted by atomic mass is 10.0. The van der Waals surface area contributed by atoms with Gasteiger partial charge in [-0.25, -0.2) is 0 Å². The Labute approximate surface area is 136 Å². The lowest BCUT2D eigenvalue weighted by molar-refractivity contribution is 0.0963. The molecule has 4 rings (SSSR count). The quantitative estimate of drug-likeness (QED) is 0.615. The fraction of sp³-hybridized carbons (Fsp3) is 0.136. The molecule has 1 heteroatoms. The largest absolute Gasteiger partial charge is 0.294 e. The second-order valence-electron chi connectivity index (χ2n) is 6.13. The molecule has 0 radical (unpaired) electrons. The molecule has 1 unspecified atom stereocenters. The van der Waals surface area contributed by atoms with Gasteiger partial charge >= 0.3 is 0 Å². The number of benzene rings is 3. The predicted molar refractivity (Wildman–Crippen MR) is 92.6 cm³/mol. The van der Waals surface area contributed by atoms with Gasteiger partial charge in [0.05, 0.1) is 0 Å². The van der Waals surface area contributed by atoms with Crippen LogP contribution in [0.5, 0.6) is 0 Å². The Morgan fingerprint density at radius 2 is 0.957 bits per heavy atom. The van der Waals surface area contributed by atoms with Gasteiger partial charge in [-0.05, 0) is 11.1 Å². The average molecular weight is 298 g/mol. The molecule has 0 heterocycles. The Balaban J connectivity index is 1.70. The number of rotatable bonds is 4. The summed E-state index contributed by atoms with van der Waals surface area (Å²) in [6.07, 6.45) is 0. The maximum Gasteiger partial charge on any atom is 0.167 e. The minimum absolute atomic E-state index is 0.0437. The van der Waals surface area contributed by atoms with Crippen LogP contribution in [0.2, 0.25) is 0 Å². The second-order valence-corrected chi connectivity index (χ2v) is 6.13. The fourth-order valence-corrected chi connectivity index (χ4v) is 3.61. The minimum Gasteiger partial charge on any atom is -0.294 e. The lowest BCUT2D eigenvalue weighted by Crippen LogP contribution is -2.03. The zero-order valence-corrected chi connectivity index (χ0v) is 12.8. The number of hydrogen-bond donors (Lipinski definition) is 0. The monoisotopic (exact) mass is 298 g/mol. The molecule has 23 heavy (non-hydrogen) atoms. The van der Waals surface area contributed by atoms with E-state index in [2.05, 4.69) is 48.5 Å². The summed E-state index contributed by atoms with van der Waals surface area (Å²) in [5.74, 6) is 0.869. The van der Waals surface area contributed by atoms with Crippen molar-refractivity contribution in [3.8, 4) is 0 Å². The van der Waals surface area contributed by atoms with E-state index >= 15 is 0 Å². The molecule has 1 aliphatic rings. The third-order valence-electron chi connectivity index (χ3n) is 4.75. The van der Waals surface area contributed by atoms with E-state index < -0.39 is 0 Å². The van der Waals surface area contributed by atoms with E-state index in [4.69, 9.17) is 0 Å². The highest BCUT2D eigenvalue weighted by molar-refractivity contribution is 6.01. The molecular weight excluding hydrogens is 280 g/mol. The van der Waals surface area contributed by atoms with Gasteiger partial charge in [0, 0.05) is 23.3 Å². The fourth-order valence-electron chi connectivity index (χ4n) is 3.61. The van der Waals surface area contributed by atoms with Gasteiger partial charge < -0.3 is 0 Å². The Morgan fingerprint density at radius 3 is 1.39 bits per heavy atom. The highest BCUT2D eigenvalue weighted by Crippen LogP contribution is 2.61. The van der Waals surface area contributed by atoms with Crippen LogP contribution in [0.25, 0.3) is 0 Å². The molecule has 1 fully saturated rings. The molecule has 3 aromatic carbocycles. The summed E-state index contributed by atoms with van der Waals surface area (Å²) in [5.41, 5.74) is 3.34. The van der Waals surface area contributed by atoms with Crippen molar-refractivity contribution < 1.29 is 4.79 Å². The van der Waals surface area contributed by atoms with Gasteiger partial charge in [0.1, 0.15) is 0 Å². The smallest absolute Gasteiger partial charge is 0.167 e. The first-order valence-electron chi connectivity index (χ1n) is 8.05. The van der Waals surface area contributed by atoms with Gasteiger partial charge in [-0.1, -0.05) is 91.0 Å². The molecule has 0 aromatic heterocycles. The van der Waals surface area contributed by atoms with E-state index in [0.717, 1.165) is 5.56 Å². The third-order valence-corrected chi connectivity index (χ3v) is 4.75. The summed E-state index contributed by atoms with van der Waals surface area (Å²) in [5, 5.41) is 0. The highest BCUT2D eigenvalue weighted by Gasteiger charge is 2.55. The molecule has 3 aromatic rings. The normalized spacial score (nSPS) is 22.5. The van der Waals surface area contributed by atoms with Gasteiger partial charge in [-0.15, -0.1) is 0 Å². The SMILES string of the molecule is O=C(c1ccccc1)C1[C@@H](c2ccccc2)[C@H]1c1ccccc1. The predicted octanol–water partition coefficient (Wildman–Crippen LogP) is 5.07. The molecule has 0 aliphatic heterocycles. The molecule has 3 atom stereocenters. The van der Waals surface area contributed by atoms with Gasteiger partial charge in [0.25, 0.3) is 0 Å². The van der Waals surface area contributed by atoms with Crippen molar-refractivity contribution in [2.24, 2.45) is 5.92 Å². The second kappa shape index (κ2) is 5.85. The molecule has 1 saturated carbocycles. The number of Topliss-reactive ketones (excluding diaryl/α,β-unsaturated/α-hetero) is 1. The summed E-state index contributed by atoms with van der Waals surface area (Å²) in [7, 11) is 0. The maximum atomic E-state index is 13.0. The Hall–Kier alpha value is -2.67. The summed E-state index contributed by atoms with van der Waals surface area (Å²) < 4.78 is 0. The van der Waals surface area contributed by atoms with Crippen molar-refractivity contribution in [3.05, 3.63) is 108 Å². The van der Waals surface area contributed by atoms with Crippen LogP contribution in [0.1, 0.15) is 33.3 Å². The van der Waals surface area contributed by atoms with Gasteiger partial charge in [0.2, 0.25) is 0 Å². The molecule has 1 aliphatic carbocycles. The molecule has 0 N–H and O–H groups in total. The summed E-state index contributed by atoms with van der Waals surface area (Å²) in [4.78, 5) is 13.0. The molecule has 1 nitrogen and oxygen atoms in total. The minimum atomic E-state index is 0.0437. The lowest BCUT2D eigenvalue weighted by Gasteiger charge is -2.00. The topological polar surface area (TPSA) is 17.1 Å². The van der Waals surface area contributed by atoms with E-state index in [1.807, 2.05) is 42.5 Å². The zero-order valence-electron chi connectivity index (χ0n) is 12.8. The van der Waals surface area contributed by atoms with Crippen molar-refractivity contribution in [3.63, 3.8) is 0 Å². The third kappa shape index (κ3) is 2.59. The van der Waals surface area contributed by atoms with E-state index in [0.29, 0.717) is 0 Å². The Morgan fingerprint density at radius 1 is 0.565 bits per heavy atom. The van der Waals surface area contributed by atoms with Crippen LogP contribution in [-0.2, 0) is 0 Å². The first-order valence-corrected chi connectivity index (χ1v) is 8.05. The highest BCUT2D eigenvalue weighted by atomic mass is 16.1. The van der Waals surface area contributed by atoms with E-state index in [1.165, 1.54) is 11.1 Å². The molecule has 112 valence electrons. The van der Waals surface area contributed by atoms with Gasteiger partial charge in [-0.2, -0.15) is 0 Å². The van der Waals surface area contributed by atoms with Crippen LogP contribution >= 0.6 is 0 Å². The van der Waals surface area contributed by atoms with Gasteiger partial charge in [-0.3, -0.25) is 4.79 Å². The summed E-state index contributed by atoms with van der Waals surface area (Å²) >= 11 is 0. The molecular formula is C22H18O. The zero-order chi connectivity index (χ0) is 15.6. The van der Waals surface area contributed by atoms with Crippen molar-refractivity contribution >= 4 is 5.78 Å². The number of carbonyl (C=O) groups is 1. The van der Waals surface area contributed by atoms with Crippen molar-refractivity contribution in [2.45, 2.75) is 11.8 Å². The Bertz CT molecular complexity index is 748. The molecule has 0 amide bonds. The average Bonchev–Trinajstić information content (AvgIpc) is 3.39. The van der Waals surface area contributed by atoms with Gasteiger partial charge in [0.15, 0.2) is 5.78 Å². The van der Waals surface area contributed by atoms with Crippen molar-refractivity contribution in [1.82, 2.24) is 0 Å². The van der Waals surface area contributed by atoms with Crippen LogP contribution in [0.15, 0.2) is 91.0 Å². The first-order chi connectivity index (χ1) is 11.4. The number of hydrogen-bond acceptors (Lipinski definition) is 1. The Kier molecular flexibility index (Phi) is 3.55. The van der Waals surface area contributed by atoms with Crippen LogP contribution in [0.3, 0.4) is 0 Å². The molecule has 0 bridgehead atoms. The van der Waals surface area contributed by atoms with Crippen LogP contribution in [-0.4, -0.2) is 5.78 Å². The number of carbonyl (C=O) groups excluding carboxylic acids is 1. The summed E-state index contributed by atoms with van der Waals surface area (Å²) in [6, 6.07) is 30.5. The van der Waals surface area contributed by atoms with Crippen LogP contribution in [0.4, 0.5) is 0 Å². The first kappa shape index (κ1) is 14.0. The van der Waals surface area contributed by atoms with Crippen molar-refractivity contribution in [2.75, 3.05) is 0 Å². The number of ketones is 1. The molecule has 0 saturated heterocycles. The van der Waals surface area contributed by atoms with E-state index in [1.54, 1.807) is 0 Å². The van der Waals surface area contributed by atoms with Crippen LogP contribution in [0, 0.1) is 5.92 Å².